The molecule has 2 aliphatic heterocycles. The molecule has 0 spiro atoms. The van der Waals surface area contributed by atoms with Crippen LogP contribution in [0.5, 0.6) is 0 Å². The fourth-order valence-corrected chi connectivity index (χ4v) is 5.08. The summed E-state index contributed by atoms with van der Waals surface area (Å²) in [7, 11) is 0. The van der Waals surface area contributed by atoms with E-state index in [9.17, 15) is 9.59 Å². The Kier molecular flexibility index (Phi) is 7.35. The third-order valence-electron chi connectivity index (χ3n) is 7.35. The van der Waals surface area contributed by atoms with Crippen LogP contribution in [0.25, 0.3) is 0 Å². The van der Waals surface area contributed by atoms with Gasteiger partial charge in [0, 0.05) is 37.2 Å². The van der Waals surface area contributed by atoms with E-state index < -0.39 is 5.60 Å². The van der Waals surface area contributed by atoms with Crippen molar-refractivity contribution in [3.05, 3.63) is 107 Å². The van der Waals surface area contributed by atoms with E-state index in [0.717, 1.165) is 43.5 Å². The standard InChI is InChI=1S/C31H33N3O3/c1-31(30(36)32-22-25-11-6-3-7-12-25)21-28(33-37-31)26-13-8-14-27(20-26)29(35)34-17-15-24(16-18-34)19-23-9-4-2-5-10-23/h2-14,20,24H,15-19,21-22H2,1H3,(H,32,36). The van der Waals surface area contributed by atoms with Crippen molar-refractivity contribution in [3.63, 3.8) is 0 Å². The van der Waals surface area contributed by atoms with E-state index in [-0.39, 0.29) is 11.8 Å². The first-order valence-electron chi connectivity index (χ1n) is 13.0. The number of nitrogens with one attached hydrogen (secondary N) is 1. The molecule has 0 aliphatic carbocycles. The minimum atomic E-state index is -1.08. The molecule has 2 heterocycles. The van der Waals surface area contributed by atoms with Gasteiger partial charge in [-0.25, -0.2) is 0 Å². The Balaban J connectivity index is 1.16. The first-order chi connectivity index (χ1) is 18.0. The molecular formula is C31H33N3O3. The van der Waals surface area contributed by atoms with Gasteiger partial charge < -0.3 is 15.1 Å². The van der Waals surface area contributed by atoms with Gasteiger partial charge >= 0.3 is 0 Å². The van der Waals surface area contributed by atoms with Crippen molar-refractivity contribution in [2.75, 3.05) is 13.1 Å². The summed E-state index contributed by atoms with van der Waals surface area (Å²) >= 11 is 0. The fourth-order valence-electron chi connectivity index (χ4n) is 5.08. The lowest BCUT2D eigenvalue weighted by molar-refractivity contribution is -0.141. The number of hydrogen-bond acceptors (Lipinski definition) is 4. The molecule has 1 saturated heterocycles. The van der Waals surface area contributed by atoms with Crippen molar-refractivity contribution in [1.82, 2.24) is 10.2 Å². The third kappa shape index (κ3) is 5.91. The number of amides is 2. The number of piperidine rings is 1. The summed E-state index contributed by atoms with van der Waals surface area (Å²) < 4.78 is 0. The molecule has 0 aromatic heterocycles. The molecule has 37 heavy (non-hydrogen) atoms. The number of rotatable bonds is 7. The van der Waals surface area contributed by atoms with Crippen molar-refractivity contribution in [1.29, 1.82) is 0 Å². The molecule has 1 fully saturated rings. The molecule has 0 saturated carbocycles. The Labute approximate surface area is 218 Å². The monoisotopic (exact) mass is 495 g/mol. The summed E-state index contributed by atoms with van der Waals surface area (Å²) in [6.07, 6.45) is 3.43. The number of oxime groups is 1. The van der Waals surface area contributed by atoms with E-state index >= 15 is 0 Å². The van der Waals surface area contributed by atoms with Gasteiger partial charge in [-0.15, -0.1) is 0 Å². The van der Waals surface area contributed by atoms with E-state index in [0.29, 0.717) is 30.2 Å². The van der Waals surface area contributed by atoms with Crippen molar-refractivity contribution < 1.29 is 14.4 Å². The predicted octanol–water partition coefficient (Wildman–Crippen LogP) is 4.98. The van der Waals surface area contributed by atoms with Gasteiger partial charge in [0.05, 0.1) is 5.71 Å². The van der Waals surface area contributed by atoms with E-state index in [1.165, 1.54) is 5.56 Å². The Morgan fingerprint density at radius 2 is 1.62 bits per heavy atom. The van der Waals surface area contributed by atoms with E-state index in [1.54, 1.807) is 6.92 Å². The number of hydrogen-bond donors (Lipinski definition) is 1. The Morgan fingerprint density at radius 1 is 0.946 bits per heavy atom. The maximum Gasteiger partial charge on any atom is 0.267 e. The van der Waals surface area contributed by atoms with Gasteiger partial charge in [0.2, 0.25) is 5.60 Å². The lowest BCUT2D eigenvalue weighted by Crippen LogP contribution is -2.44. The van der Waals surface area contributed by atoms with Crippen LogP contribution in [0.4, 0.5) is 0 Å². The molecule has 6 heteroatoms. The molecule has 5 rings (SSSR count). The highest BCUT2D eigenvalue weighted by molar-refractivity contribution is 6.07. The lowest BCUT2D eigenvalue weighted by atomic mass is 9.90. The largest absolute Gasteiger partial charge is 0.379 e. The van der Waals surface area contributed by atoms with Gasteiger partial charge in [0.15, 0.2) is 0 Å². The molecular weight excluding hydrogens is 462 g/mol. The highest BCUT2D eigenvalue weighted by Gasteiger charge is 2.42. The summed E-state index contributed by atoms with van der Waals surface area (Å²) in [5.74, 6) is 0.442. The molecule has 6 nitrogen and oxygen atoms in total. The highest BCUT2D eigenvalue weighted by Crippen LogP contribution is 2.28. The third-order valence-corrected chi connectivity index (χ3v) is 7.35. The molecule has 0 radical (unpaired) electrons. The summed E-state index contributed by atoms with van der Waals surface area (Å²) in [6, 6.07) is 27.8. The van der Waals surface area contributed by atoms with E-state index in [2.05, 4.69) is 34.7 Å². The van der Waals surface area contributed by atoms with Crippen LogP contribution >= 0.6 is 0 Å². The molecule has 1 N–H and O–H groups in total. The first kappa shape index (κ1) is 24.8. The second-order valence-corrected chi connectivity index (χ2v) is 10.2. The summed E-state index contributed by atoms with van der Waals surface area (Å²) in [5.41, 5.74) is 3.43. The molecule has 1 atom stereocenters. The Hall–Kier alpha value is -3.93. The summed E-state index contributed by atoms with van der Waals surface area (Å²) in [5, 5.41) is 7.18. The van der Waals surface area contributed by atoms with Gasteiger partial charge in [0.25, 0.3) is 11.8 Å². The molecule has 190 valence electrons. The zero-order chi connectivity index (χ0) is 25.7. The van der Waals surface area contributed by atoms with Gasteiger partial charge in [-0.05, 0) is 55.4 Å². The zero-order valence-electron chi connectivity index (χ0n) is 21.2. The average Bonchev–Trinajstić information content (AvgIpc) is 3.36. The second-order valence-electron chi connectivity index (χ2n) is 10.2. The molecule has 1 unspecified atom stereocenters. The number of nitrogens with zero attached hydrogens (tertiary/aromatic N) is 2. The lowest BCUT2D eigenvalue weighted by Gasteiger charge is -2.32. The van der Waals surface area contributed by atoms with Gasteiger partial charge in [-0.1, -0.05) is 78.0 Å². The SMILES string of the molecule is CC1(C(=O)NCc2ccccc2)CC(c2cccc(C(=O)N3CCC(Cc4ccccc4)CC3)c2)=NO1. The van der Waals surface area contributed by atoms with E-state index in [4.69, 9.17) is 4.84 Å². The topological polar surface area (TPSA) is 71.0 Å². The normalized spacial score (nSPS) is 19.7. The van der Waals surface area contributed by atoms with Crippen LogP contribution in [0.3, 0.4) is 0 Å². The quantitative estimate of drug-likeness (QED) is 0.503. The van der Waals surface area contributed by atoms with Gasteiger partial charge in [-0.2, -0.15) is 0 Å². The van der Waals surface area contributed by atoms with Crippen molar-refractivity contribution in [2.24, 2.45) is 11.1 Å². The maximum absolute atomic E-state index is 13.3. The number of benzene rings is 3. The van der Waals surface area contributed by atoms with Crippen molar-refractivity contribution >= 4 is 17.5 Å². The van der Waals surface area contributed by atoms with Crippen LogP contribution in [-0.2, 0) is 22.6 Å². The van der Waals surface area contributed by atoms with Crippen LogP contribution in [-0.4, -0.2) is 41.1 Å². The highest BCUT2D eigenvalue weighted by atomic mass is 16.7. The fraction of sp³-hybridized carbons (Fsp3) is 0.323. The Morgan fingerprint density at radius 3 is 2.32 bits per heavy atom. The minimum absolute atomic E-state index is 0.0443. The molecule has 0 bridgehead atoms. The van der Waals surface area contributed by atoms with Crippen LogP contribution < -0.4 is 5.32 Å². The van der Waals surface area contributed by atoms with Crippen molar-refractivity contribution in [2.45, 2.75) is 44.8 Å². The minimum Gasteiger partial charge on any atom is -0.379 e. The molecule has 2 amide bonds. The second kappa shape index (κ2) is 11.0. The van der Waals surface area contributed by atoms with Crippen LogP contribution in [0.2, 0.25) is 0 Å². The number of likely N-dealkylation sites (tertiary alicyclic amines) is 1. The number of carbonyl (C=O) groups is 2. The smallest absolute Gasteiger partial charge is 0.267 e. The maximum atomic E-state index is 13.3. The van der Waals surface area contributed by atoms with Crippen LogP contribution in [0.15, 0.2) is 90.1 Å². The molecule has 3 aromatic rings. The van der Waals surface area contributed by atoms with Gasteiger partial charge in [-0.3, -0.25) is 9.59 Å². The molecule has 2 aliphatic rings. The average molecular weight is 496 g/mol. The predicted molar refractivity (Wildman–Crippen MR) is 144 cm³/mol. The first-order valence-corrected chi connectivity index (χ1v) is 13.0. The van der Waals surface area contributed by atoms with Crippen LogP contribution in [0, 0.1) is 5.92 Å². The Bertz CT molecular complexity index is 1270. The molecule has 3 aromatic carbocycles. The summed E-state index contributed by atoms with van der Waals surface area (Å²) in [6.45, 7) is 3.72. The zero-order valence-corrected chi connectivity index (χ0v) is 21.2. The summed E-state index contributed by atoms with van der Waals surface area (Å²) in [4.78, 5) is 33.7. The van der Waals surface area contributed by atoms with Crippen LogP contribution in [0.1, 0.15) is 53.2 Å². The van der Waals surface area contributed by atoms with Gasteiger partial charge in [0.1, 0.15) is 0 Å². The van der Waals surface area contributed by atoms with E-state index in [1.807, 2.05) is 65.6 Å². The number of carbonyl (C=O) groups excluding carboxylic acids is 2. The van der Waals surface area contributed by atoms with Crippen molar-refractivity contribution in [3.8, 4) is 0 Å².